The fraction of sp³-hybridized carbons (Fsp3) is 0.0500. The lowest BCUT2D eigenvalue weighted by Crippen LogP contribution is -2.34. The fourth-order valence-corrected chi connectivity index (χ4v) is 3.71. The average Bonchev–Trinajstić information content (AvgIpc) is 2.98. The highest BCUT2D eigenvalue weighted by Gasteiger charge is 2.12. The van der Waals surface area contributed by atoms with Crippen LogP contribution in [0, 0.1) is 21.4 Å². The van der Waals surface area contributed by atoms with Gasteiger partial charge in [0.05, 0.1) is 22.1 Å². The zero-order valence-electron chi connectivity index (χ0n) is 14.7. The van der Waals surface area contributed by atoms with Crippen molar-refractivity contribution in [1.82, 2.24) is 4.57 Å². The number of carbonyl (C=O) groups excluding carboxylic acids is 1. The van der Waals surface area contributed by atoms with Gasteiger partial charge in [0, 0.05) is 28.8 Å². The Morgan fingerprint density at radius 1 is 1.28 bits per heavy atom. The Hall–Kier alpha value is -3.54. The number of halogens is 1. The smallest absolute Gasteiger partial charge is 0.270 e. The topological polar surface area (TPSA) is 106 Å². The van der Waals surface area contributed by atoms with Crippen LogP contribution in [0.1, 0.15) is 15.9 Å². The summed E-state index contributed by atoms with van der Waals surface area (Å²) in [6.07, 6.45) is 2.68. The van der Waals surface area contributed by atoms with Gasteiger partial charge in [-0.3, -0.25) is 24.3 Å². The van der Waals surface area contributed by atoms with Crippen molar-refractivity contribution in [3.05, 3.63) is 94.3 Å². The summed E-state index contributed by atoms with van der Waals surface area (Å²) in [6, 6.07) is 14.0. The van der Waals surface area contributed by atoms with Gasteiger partial charge in [0.15, 0.2) is 5.78 Å². The molecule has 3 rings (SSSR count). The Bertz CT molecular complexity index is 1320. The lowest BCUT2D eigenvalue weighted by atomic mass is 10.1. The van der Waals surface area contributed by atoms with Crippen LogP contribution in [0.4, 0.5) is 5.69 Å². The van der Waals surface area contributed by atoms with Crippen LogP contribution in [0.3, 0.4) is 0 Å². The maximum absolute atomic E-state index is 12.8. The number of aromatic nitrogens is 1. The SMILES string of the molecule is N#C/C=c1\s/c(=C\c2cccc([N+](=O)[O-])c2)c(=O)n1CC(=O)c1ccc(Cl)cc1. The second-order valence-electron chi connectivity index (χ2n) is 5.90. The summed E-state index contributed by atoms with van der Waals surface area (Å²) in [6.45, 7) is -0.243. The molecule has 0 spiro atoms. The molecule has 0 unspecified atom stereocenters. The van der Waals surface area contributed by atoms with Crippen LogP contribution >= 0.6 is 22.9 Å². The molecule has 144 valence electrons. The first-order chi connectivity index (χ1) is 13.9. The van der Waals surface area contributed by atoms with Crippen LogP contribution in [0.5, 0.6) is 0 Å². The van der Waals surface area contributed by atoms with Gasteiger partial charge in [-0.25, -0.2) is 0 Å². The molecule has 9 heteroatoms. The van der Waals surface area contributed by atoms with Crippen molar-refractivity contribution >= 4 is 46.6 Å². The van der Waals surface area contributed by atoms with Crippen molar-refractivity contribution in [1.29, 1.82) is 5.26 Å². The van der Waals surface area contributed by atoms with E-state index < -0.39 is 10.5 Å². The van der Waals surface area contributed by atoms with Gasteiger partial charge in [-0.2, -0.15) is 5.26 Å². The quantitative estimate of drug-likeness (QED) is 0.354. The number of nitrogens with zero attached hydrogens (tertiary/aromatic N) is 3. The first kappa shape index (κ1) is 20.2. The Balaban J connectivity index is 2.06. The van der Waals surface area contributed by atoms with Crippen LogP contribution in [0.15, 0.2) is 53.3 Å². The van der Waals surface area contributed by atoms with E-state index in [4.69, 9.17) is 16.9 Å². The standard InChI is InChI=1S/C20H12ClN3O4S/c21-15-6-4-14(5-7-15)17(25)12-23-19(8-9-22)29-18(20(23)26)11-13-2-1-3-16(10-13)24(27)28/h1-8,10-11H,12H2/b18-11-,19-8-. The van der Waals surface area contributed by atoms with E-state index in [2.05, 4.69) is 0 Å². The number of carbonyl (C=O) groups is 1. The highest BCUT2D eigenvalue weighted by Crippen LogP contribution is 2.13. The van der Waals surface area contributed by atoms with Crippen molar-refractivity contribution in [2.24, 2.45) is 0 Å². The third-order valence-corrected chi connectivity index (χ3v) is 5.28. The molecule has 29 heavy (non-hydrogen) atoms. The number of thiazole rings is 1. The van der Waals surface area contributed by atoms with Crippen molar-refractivity contribution in [3.8, 4) is 6.07 Å². The number of nitriles is 1. The minimum Gasteiger partial charge on any atom is -0.292 e. The average molecular weight is 426 g/mol. The molecule has 7 nitrogen and oxygen atoms in total. The molecular formula is C20H12ClN3O4S. The van der Waals surface area contributed by atoms with E-state index in [1.54, 1.807) is 30.3 Å². The minimum absolute atomic E-state index is 0.0997. The van der Waals surface area contributed by atoms with Gasteiger partial charge in [-0.1, -0.05) is 23.7 Å². The number of nitro groups is 1. The van der Waals surface area contributed by atoms with Crippen molar-refractivity contribution in [3.63, 3.8) is 0 Å². The molecule has 0 saturated carbocycles. The largest absolute Gasteiger partial charge is 0.292 e. The third kappa shape index (κ3) is 4.66. The van der Waals surface area contributed by atoms with Gasteiger partial charge >= 0.3 is 0 Å². The summed E-state index contributed by atoms with van der Waals surface area (Å²) in [5.41, 5.74) is 0.305. The van der Waals surface area contributed by atoms with E-state index in [1.807, 2.05) is 6.07 Å². The molecule has 0 aliphatic carbocycles. The summed E-state index contributed by atoms with van der Waals surface area (Å²) >= 11 is 6.86. The zero-order chi connectivity index (χ0) is 21.0. The lowest BCUT2D eigenvalue weighted by molar-refractivity contribution is -0.384. The summed E-state index contributed by atoms with van der Waals surface area (Å²) in [4.78, 5) is 35.8. The van der Waals surface area contributed by atoms with Crippen molar-refractivity contribution < 1.29 is 9.72 Å². The Kier molecular flexibility index (Phi) is 6.02. The molecule has 0 bridgehead atoms. The van der Waals surface area contributed by atoms with Crippen molar-refractivity contribution in [2.75, 3.05) is 0 Å². The number of hydrogen-bond acceptors (Lipinski definition) is 6. The highest BCUT2D eigenvalue weighted by molar-refractivity contribution is 7.07. The Morgan fingerprint density at radius 3 is 2.66 bits per heavy atom. The minimum atomic E-state index is -0.524. The predicted molar refractivity (Wildman–Crippen MR) is 110 cm³/mol. The fourth-order valence-electron chi connectivity index (χ4n) is 2.60. The molecule has 1 aromatic heterocycles. The molecule has 0 atom stereocenters. The Morgan fingerprint density at radius 2 is 2.00 bits per heavy atom. The second-order valence-corrected chi connectivity index (χ2v) is 7.39. The summed E-state index contributed by atoms with van der Waals surface area (Å²) in [7, 11) is 0. The number of benzene rings is 2. The molecular weight excluding hydrogens is 414 g/mol. The Labute approximate surface area is 173 Å². The van der Waals surface area contributed by atoms with Gasteiger partial charge in [0.1, 0.15) is 4.66 Å². The van der Waals surface area contributed by atoms with Gasteiger partial charge < -0.3 is 0 Å². The number of hydrogen-bond donors (Lipinski definition) is 0. The molecule has 0 saturated heterocycles. The monoisotopic (exact) mass is 425 g/mol. The highest BCUT2D eigenvalue weighted by atomic mass is 35.5. The molecule has 1 heterocycles. The number of rotatable bonds is 5. The third-order valence-electron chi connectivity index (χ3n) is 3.97. The summed E-state index contributed by atoms with van der Waals surface area (Å²) in [5, 5.41) is 20.4. The first-order valence-corrected chi connectivity index (χ1v) is 9.43. The van der Waals surface area contributed by atoms with E-state index >= 15 is 0 Å². The number of non-ortho nitro benzene ring substituents is 1. The zero-order valence-corrected chi connectivity index (χ0v) is 16.3. The summed E-state index contributed by atoms with van der Waals surface area (Å²) < 4.78 is 1.79. The van der Waals surface area contributed by atoms with Gasteiger partial charge in [0.2, 0.25) is 0 Å². The predicted octanol–water partition coefficient (Wildman–Crippen LogP) is 2.49. The molecule has 0 amide bonds. The second kappa shape index (κ2) is 8.65. The van der Waals surface area contributed by atoms with Crippen LogP contribution in [0.2, 0.25) is 5.02 Å². The first-order valence-electron chi connectivity index (χ1n) is 8.23. The maximum Gasteiger partial charge on any atom is 0.270 e. The van der Waals surface area contributed by atoms with Crippen LogP contribution in [-0.4, -0.2) is 15.3 Å². The molecule has 0 aliphatic heterocycles. The molecule has 0 radical (unpaired) electrons. The number of nitro benzene ring substituents is 1. The van der Waals surface area contributed by atoms with Crippen LogP contribution in [-0.2, 0) is 6.54 Å². The maximum atomic E-state index is 12.8. The van der Waals surface area contributed by atoms with Gasteiger partial charge in [-0.05, 0) is 35.9 Å². The van der Waals surface area contributed by atoms with E-state index in [1.165, 1.54) is 34.9 Å². The van der Waals surface area contributed by atoms with E-state index in [9.17, 15) is 19.7 Å². The molecule has 2 aromatic carbocycles. The number of Topliss-reactive ketones (excluding diaryl/α,β-unsaturated/α-hetero) is 1. The van der Waals surface area contributed by atoms with E-state index in [0.29, 0.717) is 20.8 Å². The molecule has 0 fully saturated rings. The molecule has 3 aromatic rings. The van der Waals surface area contributed by atoms with E-state index in [-0.39, 0.29) is 22.5 Å². The normalized spacial score (nSPS) is 12.0. The van der Waals surface area contributed by atoms with Crippen LogP contribution in [0.25, 0.3) is 12.2 Å². The molecule has 0 aliphatic rings. The van der Waals surface area contributed by atoms with Crippen molar-refractivity contribution in [2.45, 2.75) is 6.54 Å². The number of ketones is 1. The summed E-state index contributed by atoms with van der Waals surface area (Å²) in [5.74, 6) is -0.309. The lowest BCUT2D eigenvalue weighted by Gasteiger charge is -2.02. The van der Waals surface area contributed by atoms with E-state index in [0.717, 1.165) is 11.3 Å². The van der Waals surface area contributed by atoms with Gasteiger partial charge in [0.25, 0.3) is 11.2 Å². The molecule has 0 N–H and O–H groups in total. The van der Waals surface area contributed by atoms with Gasteiger partial charge in [-0.15, -0.1) is 11.3 Å². The van der Waals surface area contributed by atoms with Crippen LogP contribution < -0.4 is 14.8 Å².